The van der Waals surface area contributed by atoms with Crippen molar-refractivity contribution in [2.24, 2.45) is 0 Å². The summed E-state index contributed by atoms with van der Waals surface area (Å²) in [5.74, 6) is 1.95. The fourth-order valence-electron chi connectivity index (χ4n) is 2.82. The van der Waals surface area contributed by atoms with Crippen LogP contribution >= 0.6 is 0 Å². The third-order valence-electron chi connectivity index (χ3n) is 4.51. The Labute approximate surface area is 199 Å². The second-order valence-corrected chi connectivity index (χ2v) is 9.24. The first-order valence-electron chi connectivity index (χ1n) is 11.0. The third kappa shape index (κ3) is 9.96. The molecule has 5 heteroatoms. The molecule has 0 fully saturated rings. The van der Waals surface area contributed by atoms with Gasteiger partial charge in [0.05, 0.1) is 4.90 Å². The van der Waals surface area contributed by atoms with Gasteiger partial charge in [-0.1, -0.05) is 43.4 Å². The highest BCUT2D eigenvalue weighted by atomic mass is 32.2. The van der Waals surface area contributed by atoms with E-state index in [1.807, 2.05) is 70.2 Å². The molecule has 0 heterocycles. The van der Waals surface area contributed by atoms with Gasteiger partial charge in [0.25, 0.3) is 0 Å². The van der Waals surface area contributed by atoms with Crippen LogP contribution in [0, 0.1) is 0 Å². The Bertz CT molecular complexity index is 1050. The standard InChI is InChI=1S/C28H36O4S/c1-7-11-14-23(5)32-24(6)16-19-27(10-4)33(29,30)28-20-17-26(18-21-28)31-22-25(13-9-3)15-12-8-2/h7-9,11,13-21H,2,10,12,22H2,1,3-6H3/b11-7-,13-9-,23-14+,24-16+,25-15+,27-19+. The molecule has 0 saturated heterocycles. The van der Waals surface area contributed by atoms with Crippen molar-refractivity contribution in [3.05, 3.63) is 108 Å². The molecule has 4 nitrogen and oxygen atoms in total. The van der Waals surface area contributed by atoms with E-state index in [0.29, 0.717) is 29.4 Å². The Balaban J connectivity index is 2.98. The van der Waals surface area contributed by atoms with Gasteiger partial charge in [0, 0.05) is 4.91 Å². The first kappa shape index (κ1) is 28.0. The number of hydrogen-bond donors (Lipinski definition) is 0. The minimum atomic E-state index is -3.61. The third-order valence-corrected chi connectivity index (χ3v) is 6.52. The van der Waals surface area contributed by atoms with E-state index in [0.717, 1.165) is 17.8 Å². The fourth-order valence-corrected chi connectivity index (χ4v) is 4.24. The summed E-state index contributed by atoms with van der Waals surface area (Å²) in [6.07, 6.45) is 17.9. The van der Waals surface area contributed by atoms with Gasteiger partial charge < -0.3 is 9.47 Å². The molecule has 0 radical (unpaired) electrons. The van der Waals surface area contributed by atoms with Gasteiger partial charge in [0.1, 0.15) is 23.9 Å². The quantitative estimate of drug-likeness (QED) is 0.170. The van der Waals surface area contributed by atoms with E-state index >= 15 is 0 Å². The highest BCUT2D eigenvalue weighted by Crippen LogP contribution is 2.24. The van der Waals surface area contributed by atoms with Gasteiger partial charge in [-0.05, 0) is 88.6 Å². The number of hydrogen-bond acceptors (Lipinski definition) is 4. The Hall–Kier alpha value is -3.05. The molecule has 178 valence electrons. The number of sulfone groups is 1. The summed E-state index contributed by atoms with van der Waals surface area (Å²) < 4.78 is 37.7. The van der Waals surface area contributed by atoms with E-state index in [4.69, 9.17) is 9.47 Å². The molecule has 1 rings (SSSR count). The zero-order valence-electron chi connectivity index (χ0n) is 20.4. The average Bonchev–Trinajstić information content (AvgIpc) is 2.80. The van der Waals surface area contributed by atoms with Crippen LogP contribution in [0.4, 0.5) is 0 Å². The van der Waals surface area contributed by atoms with E-state index in [1.165, 1.54) is 0 Å². The van der Waals surface area contributed by atoms with Crippen molar-refractivity contribution in [1.82, 2.24) is 0 Å². The molecule has 0 atom stereocenters. The Morgan fingerprint density at radius 1 is 1.00 bits per heavy atom. The number of rotatable bonds is 13. The number of ether oxygens (including phenoxy) is 2. The molecule has 0 unspecified atom stereocenters. The van der Waals surface area contributed by atoms with Gasteiger partial charge in [0.2, 0.25) is 9.84 Å². The van der Waals surface area contributed by atoms with Crippen molar-refractivity contribution in [1.29, 1.82) is 0 Å². The lowest BCUT2D eigenvalue weighted by Crippen LogP contribution is -2.05. The second-order valence-electron chi connectivity index (χ2n) is 7.24. The van der Waals surface area contributed by atoms with Crippen LogP contribution in [-0.4, -0.2) is 15.0 Å². The van der Waals surface area contributed by atoms with Crippen molar-refractivity contribution in [2.45, 2.75) is 52.4 Å². The minimum absolute atomic E-state index is 0.231. The first-order chi connectivity index (χ1) is 15.8. The Morgan fingerprint density at radius 3 is 2.24 bits per heavy atom. The first-order valence-corrected chi connectivity index (χ1v) is 12.5. The summed E-state index contributed by atoms with van der Waals surface area (Å²) in [6.45, 7) is 13.5. The van der Waals surface area contributed by atoms with Crippen LogP contribution in [0.15, 0.2) is 112 Å². The van der Waals surface area contributed by atoms with Crippen LogP contribution in [0.1, 0.15) is 47.5 Å². The molecule has 33 heavy (non-hydrogen) atoms. The van der Waals surface area contributed by atoms with Crippen LogP contribution < -0.4 is 4.74 Å². The summed E-state index contributed by atoms with van der Waals surface area (Å²) >= 11 is 0. The highest BCUT2D eigenvalue weighted by Gasteiger charge is 2.19. The molecular formula is C28H36O4S. The predicted molar refractivity (Wildman–Crippen MR) is 139 cm³/mol. The number of benzene rings is 1. The molecule has 1 aromatic rings. The van der Waals surface area contributed by atoms with Crippen molar-refractivity contribution in [2.75, 3.05) is 6.61 Å². The van der Waals surface area contributed by atoms with E-state index in [9.17, 15) is 8.42 Å². The van der Waals surface area contributed by atoms with Crippen LogP contribution in [0.5, 0.6) is 5.75 Å². The molecule has 1 aromatic carbocycles. The number of allylic oxidation sites excluding steroid dienone is 11. The zero-order chi connectivity index (χ0) is 24.7. The maximum atomic E-state index is 13.1. The van der Waals surface area contributed by atoms with Crippen LogP contribution in [0.2, 0.25) is 0 Å². The van der Waals surface area contributed by atoms with Gasteiger partial charge in [0.15, 0.2) is 0 Å². The molecule has 0 spiro atoms. The van der Waals surface area contributed by atoms with Gasteiger partial charge in [-0.2, -0.15) is 0 Å². The second kappa shape index (κ2) is 14.9. The topological polar surface area (TPSA) is 52.6 Å². The molecule has 0 aromatic heterocycles. The van der Waals surface area contributed by atoms with Crippen LogP contribution in [0.3, 0.4) is 0 Å². The van der Waals surface area contributed by atoms with Crippen LogP contribution in [-0.2, 0) is 14.6 Å². The monoisotopic (exact) mass is 468 g/mol. The smallest absolute Gasteiger partial charge is 0.202 e. The summed E-state index contributed by atoms with van der Waals surface area (Å²) in [7, 11) is -3.61. The lowest BCUT2D eigenvalue weighted by atomic mass is 10.2. The van der Waals surface area contributed by atoms with Gasteiger partial charge >= 0.3 is 0 Å². The SMILES string of the molecule is C=CC/C=C(\C=C/C)COc1ccc(S(=O)(=O)/C(=C/C=C(\C)O/C(C)=C/C=C\C)CC)cc1. The van der Waals surface area contributed by atoms with Crippen molar-refractivity contribution in [3.63, 3.8) is 0 Å². The van der Waals surface area contributed by atoms with Crippen molar-refractivity contribution < 1.29 is 17.9 Å². The summed E-state index contributed by atoms with van der Waals surface area (Å²) in [5, 5.41) is 0. The Kier molecular flexibility index (Phi) is 12.6. The maximum absolute atomic E-state index is 13.1. The molecule has 0 aliphatic rings. The predicted octanol–water partition coefficient (Wildman–Crippen LogP) is 7.61. The summed E-state index contributed by atoms with van der Waals surface area (Å²) in [5.41, 5.74) is 1.03. The molecule has 0 aliphatic carbocycles. The molecule has 0 N–H and O–H groups in total. The lowest BCUT2D eigenvalue weighted by molar-refractivity contribution is 0.309. The lowest BCUT2D eigenvalue weighted by Gasteiger charge is -2.10. The molecule has 0 aliphatic heterocycles. The van der Waals surface area contributed by atoms with Crippen molar-refractivity contribution in [3.8, 4) is 5.75 Å². The average molecular weight is 469 g/mol. The maximum Gasteiger partial charge on any atom is 0.202 e. The largest absolute Gasteiger partial charge is 0.489 e. The Morgan fingerprint density at radius 2 is 1.67 bits per heavy atom. The van der Waals surface area contributed by atoms with E-state index in [2.05, 4.69) is 6.58 Å². The fraction of sp³-hybridized carbons (Fsp3) is 0.286. The van der Waals surface area contributed by atoms with Gasteiger partial charge in [-0.15, -0.1) is 6.58 Å². The van der Waals surface area contributed by atoms with Crippen molar-refractivity contribution >= 4 is 9.84 Å². The normalized spacial score (nSPS) is 14.2. The van der Waals surface area contributed by atoms with Gasteiger partial charge in [-0.3, -0.25) is 0 Å². The van der Waals surface area contributed by atoms with E-state index in [-0.39, 0.29) is 4.90 Å². The van der Waals surface area contributed by atoms with E-state index < -0.39 is 9.84 Å². The van der Waals surface area contributed by atoms with Crippen LogP contribution in [0.25, 0.3) is 0 Å². The summed E-state index contributed by atoms with van der Waals surface area (Å²) in [6, 6.07) is 6.52. The van der Waals surface area contributed by atoms with Gasteiger partial charge in [-0.25, -0.2) is 8.42 Å². The zero-order valence-corrected chi connectivity index (χ0v) is 21.2. The molecular weight excluding hydrogens is 432 g/mol. The molecule has 0 saturated carbocycles. The molecule has 0 bridgehead atoms. The summed E-state index contributed by atoms with van der Waals surface area (Å²) in [4.78, 5) is 0.548. The highest BCUT2D eigenvalue weighted by molar-refractivity contribution is 7.95. The van der Waals surface area contributed by atoms with E-state index in [1.54, 1.807) is 43.3 Å². The molecule has 0 amide bonds. The minimum Gasteiger partial charge on any atom is -0.489 e.